The van der Waals surface area contributed by atoms with Gasteiger partial charge in [-0.2, -0.15) is 0 Å². The number of hydrogen-bond donors (Lipinski definition) is 0. The zero-order valence-electron chi connectivity index (χ0n) is 3.19. The maximum Gasteiger partial charge on any atom is 0.259 e. The van der Waals surface area contributed by atoms with Gasteiger partial charge in [-0.15, -0.1) is 6.58 Å². The van der Waals surface area contributed by atoms with E-state index in [0.29, 0.717) is 9.76 Å². The van der Waals surface area contributed by atoms with E-state index in [1.165, 1.54) is 0 Å². The van der Waals surface area contributed by atoms with Gasteiger partial charge in [0.25, 0.3) is 9.76 Å². The molecule has 2 heteroatoms. The lowest BCUT2D eigenvalue weighted by Crippen LogP contribution is -1.83. The standard InChI is InChI=1S/C3H6OSi/c1-3-5-4-2/h3H,1H2,2H3. The molecule has 0 saturated heterocycles. The molecule has 0 saturated carbocycles. The van der Waals surface area contributed by atoms with Crippen LogP contribution in [0.1, 0.15) is 0 Å². The average Bonchev–Trinajstić information content (AvgIpc) is 1.41. The fraction of sp³-hybridized carbons (Fsp3) is 0.333. The first-order valence-electron chi connectivity index (χ1n) is 1.31. The second-order valence-corrected chi connectivity index (χ2v) is 1.58. The van der Waals surface area contributed by atoms with Crippen LogP contribution in [0.3, 0.4) is 0 Å². The minimum absolute atomic E-state index is 0.461. The molecule has 1 nitrogen and oxygen atoms in total. The van der Waals surface area contributed by atoms with Gasteiger partial charge in [-0.05, 0) is 0 Å². The molecule has 5 heavy (non-hydrogen) atoms. The summed E-state index contributed by atoms with van der Waals surface area (Å²) in [5.41, 5.74) is 1.74. The SMILES string of the molecule is C=C[Si]OC. The van der Waals surface area contributed by atoms with E-state index in [9.17, 15) is 0 Å². The summed E-state index contributed by atoms with van der Waals surface area (Å²) in [6.45, 7) is 3.44. The van der Waals surface area contributed by atoms with Crippen molar-refractivity contribution in [2.45, 2.75) is 0 Å². The quantitative estimate of drug-likeness (QED) is 0.442. The minimum Gasteiger partial charge on any atom is -0.415 e. The van der Waals surface area contributed by atoms with Crippen LogP contribution < -0.4 is 0 Å². The fourth-order valence-corrected chi connectivity index (χ4v) is 0.250. The van der Waals surface area contributed by atoms with Gasteiger partial charge in [0.15, 0.2) is 0 Å². The van der Waals surface area contributed by atoms with Crippen molar-refractivity contribution in [1.29, 1.82) is 0 Å². The summed E-state index contributed by atoms with van der Waals surface area (Å²) in [7, 11) is 2.11. The van der Waals surface area contributed by atoms with Crippen LogP contribution in [0.25, 0.3) is 0 Å². The van der Waals surface area contributed by atoms with E-state index < -0.39 is 0 Å². The summed E-state index contributed by atoms with van der Waals surface area (Å²) in [4.78, 5) is 0. The molecule has 2 radical (unpaired) electrons. The molecule has 0 aromatic heterocycles. The molecule has 0 spiro atoms. The lowest BCUT2D eigenvalue weighted by Gasteiger charge is -1.75. The van der Waals surface area contributed by atoms with Crippen molar-refractivity contribution in [3.63, 3.8) is 0 Å². The summed E-state index contributed by atoms with van der Waals surface area (Å²) in [6.07, 6.45) is 0. The third-order valence-corrected chi connectivity index (χ3v) is 0.604. The molecule has 0 aromatic rings. The van der Waals surface area contributed by atoms with Gasteiger partial charge < -0.3 is 4.43 Å². The Hall–Kier alpha value is -0.0831. The van der Waals surface area contributed by atoms with Gasteiger partial charge in [-0.3, -0.25) is 0 Å². The van der Waals surface area contributed by atoms with Crippen LogP contribution >= 0.6 is 0 Å². The molecule has 28 valence electrons. The van der Waals surface area contributed by atoms with Crippen molar-refractivity contribution >= 4 is 9.76 Å². The lowest BCUT2D eigenvalue weighted by atomic mass is 11.3. The molecule has 0 unspecified atom stereocenters. The lowest BCUT2D eigenvalue weighted by molar-refractivity contribution is 0.449. The first-order chi connectivity index (χ1) is 2.41. The van der Waals surface area contributed by atoms with E-state index >= 15 is 0 Å². The molecule has 0 amide bonds. The van der Waals surface area contributed by atoms with E-state index in [4.69, 9.17) is 0 Å². The maximum atomic E-state index is 4.60. The Morgan fingerprint density at radius 3 is 2.60 bits per heavy atom. The summed E-state index contributed by atoms with van der Waals surface area (Å²) in [5, 5.41) is 0. The Kier molecular flexibility index (Phi) is 3.85. The van der Waals surface area contributed by atoms with Crippen LogP contribution in [0.15, 0.2) is 12.3 Å². The third kappa shape index (κ3) is 3.92. The van der Waals surface area contributed by atoms with Crippen LogP contribution in [0.4, 0.5) is 0 Å². The van der Waals surface area contributed by atoms with Gasteiger partial charge in [0.1, 0.15) is 0 Å². The van der Waals surface area contributed by atoms with Gasteiger partial charge in [0, 0.05) is 7.11 Å². The number of hydrogen-bond acceptors (Lipinski definition) is 1. The highest BCUT2D eigenvalue weighted by Gasteiger charge is 1.65. The molecule has 0 aliphatic rings. The summed E-state index contributed by atoms with van der Waals surface area (Å²) in [5.74, 6) is 0. The van der Waals surface area contributed by atoms with Crippen LogP contribution in [0.2, 0.25) is 0 Å². The Labute approximate surface area is 34.6 Å². The molecule has 0 bridgehead atoms. The van der Waals surface area contributed by atoms with Crippen molar-refractivity contribution in [3.05, 3.63) is 12.3 Å². The number of rotatable bonds is 2. The zero-order valence-corrected chi connectivity index (χ0v) is 4.19. The van der Waals surface area contributed by atoms with Crippen molar-refractivity contribution in [2.75, 3.05) is 7.11 Å². The molecule has 0 aliphatic carbocycles. The summed E-state index contributed by atoms with van der Waals surface area (Å²) in [6, 6.07) is 0. The van der Waals surface area contributed by atoms with E-state index in [-0.39, 0.29) is 0 Å². The summed E-state index contributed by atoms with van der Waals surface area (Å²) < 4.78 is 4.60. The van der Waals surface area contributed by atoms with E-state index in [1.807, 2.05) is 0 Å². The van der Waals surface area contributed by atoms with Crippen molar-refractivity contribution < 1.29 is 4.43 Å². The van der Waals surface area contributed by atoms with Crippen LogP contribution in [-0.2, 0) is 4.43 Å². The Bertz CT molecular complexity index is 28.1. The van der Waals surface area contributed by atoms with Crippen LogP contribution in [0, 0.1) is 0 Å². The second kappa shape index (κ2) is 3.92. The molecular weight excluding hydrogens is 80.1 g/mol. The van der Waals surface area contributed by atoms with Gasteiger partial charge in [-0.1, -0.05) is 5.70 Å². The Balaban J connectivity index is 2.40. The molecule has 0 atom stereocenters. The van der Waals surface area contributed by atoms with Crippen molar-refractivity contribution in [3.8, 4) is 0 Å². The monoisotopic (exact) mass is 86.0 g/mol. The zero-order chi connectivity index (χ0) is 4.12. The van der Waals surface area contributed by atoms with E-state index in [0.717, 1.165) is 0 Å². The predicted molar refractivity (Wildman–Crippen MR) is 23.0 cm³/mol. The van der Waals surface area contributed by atoms with Crippen LogP contribution in [0.5, 0.6) is 0 Å². The molecule has 0 aliphatic heterocycles. The topological polar surface area (TPSA) is 9.23 Å². The molecule has 0 aromatic carbocycles. The highest BCUT2D eigenvalue weighted by atomic mass is 28.2. The van der Waals surface area contributed by atoms with Crippen molar-refractivity contribution in [2.24, 2.45) is 0 Å². The smallest absolute Gasteiger partial charge is 0.259 e. The van der Waals surface area contributed by atoms with E-state index in [2.05, 4.69) is 11.0 Å². The van der Waals surface area contributed by atoms with Gasteiger partial charge >= 0.3 is 0 Å². The third-order valence-electron chi connectivity index (χ3n) is 0.201. The molecule has 0 fully saturated rings. The highest BCUT2D eigenvalue weighted by Crippen LogP contribution is 1.55. The van der Waals surface area contributed by atoms with Crippen molar-refractivity contribution in [1.82, 2.24) is 0 Å². The minimum atomic E-state index is 0.461. The van der Waals surface area contributed by atoms with Crippen LogP contribution in [-0.4, -0.2) is 16.9 Å². The predicted octanol–water partition coefficient (Wildman–Crippen LogP) is 0.395. The largest absolute Gasteiger partial charge is 0.415 e. The van der Waals surface area contributed by atoms with E-state index in [1.54, 1.807) is 12.8 Å². The first kappa shape index (κ1) is 4.92. The normalized spacial score (nSPS) is 7.40. The van der Waals surface area contributed by atoms with Gasteiger partial charge in [-0.25, -0.2) is 0 Å². The Morgan fingerprint density at radius 2 is 2.60 bits per heavy atom. The molecule has 0 N–H and O–H groups in total. The van der Waals surface area contributed by atoms with Gasteiger partial charge in [0.2, 0.25) is 0 Å². The molecular formula is C3H6OSi. The summed E-state index contributed by atoms with van der Waals surface area (Å²) >= 11 is 0. The Morgan fingerprint density at radius 1 is 2.00 bits per heavy atom. The molecule has 0 rings (SSSR count). The maximum absolute atomic E-state index is 4.60. The molecule has 0 heterocycles. The average molecular weight is 86.2 g/mol. The fourth-order valence-electron chi connectivity index (χ4n) is 0.0833. The highest BCUT2D eigenvalue weighted by molar-refractivity contribution is 6.33. The second-order valence-electron chi connectivity index (χ2n) is 0.526. The first-order valence-corrected chi connectivity index (χ1v) is 2.29. The van der Waals surface area contributed by atoms with Gasteiger partial charge in [0.05, 0.1) is 0 Å².